The Kier molecular flexibility index (Phi) is 9.67. The minimum absolute atomic E-state index is 0. The molecule has 1 aliphatic heterocycles. The Morgan fingerprint density at radius 2 is 1.97 bits per heavy atom. The highest BCUT2D eigenvalue weighted by Crippen LogP contribution is 2.18. The first-order valence-electron chi connectivity index (χ1n) is 10.3. The van der Waals surface area contributed by atoms with E-state index in [0.717, 1.165) is 30.2 Å². The van der Waals surface area contributed by atoms with Crippen molar-refractivity contribution in [3.8, 4) is 0 Å². The van der Waals surface area contributed by atoms with Crippen LogP contribution in [-0.2, 0) is 17.9 Å². The number of carbonyl (C=O) groups is 1. The van der Waals surface area contributed by atoms with E-state index in [0.29, 0.717) is 37.6 Å². The zero-order valence-electron chi connectivity index (χ0n) is 17.8. The third-order valence-corrected chi connectivity index (χ3v) is 5.08. The van der Waals surface area contributed by atoms with Crippen LogP contribution in [0.25, 0.3) is 0 Å². The van der Waals surface area contributed by atoms with Crippen molar-refractivity contribution in [2.45, 2.75) is 45.8 Å². The number of hydrogen-bond acceptors (Lipinski definition) is 2. The summed E-state index contributed by atoms with van der Waals surface area (Å²) in [6.45, 7) is 6.28. The molecule has 1 saturated heterocycles. The van der Waals surface area contributed by atoms with Crippen molar-refractivity contribution < 1.29 is 13.6 Å². The lowest BCUT2D eigenvalue weighted by atomic mass is 10.1. The summed E-state index contributed by atoms with van der Waals surface area (Å²) in [5, 5.41) is 6.32. The van der Waals surface area contributed by atoms with E-state index in [2.05, 4.69) is 21.7 Å². The number of rotatable bonds is 7. The second kappa shape index (κ2) is 12.0. The van der Waals surface area contributed by atoms with Gasteiger partial charge in [0.2, 0.25) is 5.91 Å². The SMILES string of the molecule is CCNC(=NCc1cccc(CN2CCCC2=O)c1)NC(C)c1ccc(F)cc1F.I. The van der Waals surface area contributed by atoms with Crippen LogP contribution in [0.4, 0.5) is 8.78 Å². The van der Waals surface area contributed by atoms with Gasteiger partial charge in [-0.3, -0.25) is 4.79 Å². The number of amides is 1. The molecule has 31 heavy (non-hydrogen) atoms. The van der Waals surface area contributed by atoms with E-state index in [1.165, 1.54) is 12.1 Å². The van der Waals surface area contributed by atoms with Crippen LogP contribution in [0.5, 0.6) is 0 Å². The number of carbonyl (C=O) groups excluding carboxylic acids is 1. The van der Waals surface area contributed by atoms with E-state index in [1.54, 1.807) is 6.92 Å². The molecule has 0 bridgehead atoms. The molecule has 1 aliphatic rings. The molecule has 0 radical (unpaired) electrons. The van der Waals surface area contributed by atoms with Gasteiger partial charge in [-0.2, -0.15) is 0 Å². The van der Waals surface area contributed by atoms with Gasteiger partial charge < -0.3 is 15.5 Å². The maximum atomic E-state index is 14.1. The lowest BCUT2D eigenvalue weighted by molar-refractivity contribution is -0.128. The van der Waals surface area contributed by atoms with Gasteiger partial charge in [-0.15, -0.1) is 24.0 Å². The molecule has 3 rings (SSSR count). The van der Waals surface area contributed by atoms with Crippen LogP contribution in [0.2, 0.25) is 0 Å². The number of halogens is 3. The molecule has 0 aromatic heterocycles. The molecule has 2 aromatic rings. The van der Waals surface area contributed by atoms with E-state index >= 15 is 0 Å². The van der Waals surface area contributed by atoms with Gasteiger partial charge in [0.1, 0.15) is 11.6 Å². The Labute approximate surface area is 199 Å². The van der Waals surface area contributed by atoms with Crippen molar-refractivity contribution in [2.24, 2.45) is 4.99 Å². The third kappa shape index (κ3) is 7.15. The van der Waals surface area contributed by atoms with Gasteiger partial charge in [-0.1, -0.05) is 30.3 Å². The van der Waals surface area contributed by atoms with Crippen LogP contribution in [-0.4, -0.2) is 29.9 Å². The molecule has 0 saturated carbocycles. The molecule has 1 heterocycles. The first kappa shape index (κ1) is 25.0. The Bertz CT molecular complexity index is 922. The van der Waals surface area contributed by atoms with Crippen LogP contribution >= 0.6 is 24.0 Å². The Morgan fingerprint density at radius 1 is 1.19 bits per heavy atom. The highest BCUT2D eigenvalue weighted by molar-refractivity contribution is 14.0. The average Bonchev–Trinajstić information content (AvgIpc) is 3.11. The van der Waals surface area contributed by atoms with E-state index in [4.69, 9.17) is 0 Å². The zero-order valence-corrected chi connectivity index (χ0v) is 20.2. The van der Waals surface area contributed by atoms with Crippen LogP contribution in [0.15, 0.2) is 47.5 Å². The quantitative estimate of drug-likeness (QED) is 0.308. The molecule has 1 unspecified atom stereocenters. The summed E-state index contributed by atoms with van der Waals surface area (Å²) in [6, 6.07) is 11.2. The van der Waals surface area contributed by atoms with Gasteiger partial charge in [-0.25, -0.2) is 13.8 Å². The van der Waals surface area contributed by atoms with Gasteiger partial charge in [0.05, 0.1) is 12.6 Å². The van der Waals surface area contributed by atoms with Gasteiger partial charge in [0, 0.05) is 37.7 Å². The van der Waals surface area contributed by atoms with Crippen LogP contribution < -0.4 is 10.6 Å². The predicted octanol–water partition coefficient (Wildman–Crippen LogP) is 4.52. The summed E-state index contributed by atoms with van der Waals surface area (Å²) in [7, 11) is 0. The summed E-state index contributed by atoms with van der Waals surface area (Å²) in [5.41, 5.74) is 2.48. The fourth-order valence-electron chi connectivity index (χ4n) is 3.54. The number of nitrogens with zero attached hydrogens (tertiary/aromatic N) is 2. The predicted molar refractivity (Wildman–Crippen MR) is 129 cm³/mol. The highest BCUT2D eigenvalue weighted by Gasteiger charge is 2.20. The monoisotopic (exact) mass is 542 g/mol. The summed E-state index contributed by atoms with van der Waals surface area (Å²) >= 11 is 0. The maximum absolute atomic E-state index is 14.1. The minimum Gasteiger partial charge on any atom is -0.357 e. The lowest BCUT2D eigenvalue weighted by Crippen LogP contribution is -2.39. The lowest BCUT2D eigenvalue weighted by Gasteiger charge is -2.19. The first-order chi connectivity index (χ1) is 14.5. The van der Waals surface area contributed by atoms with Crippen LogP contribution in [0, 0.1) is 11.6 Å². The van der Waals surface area contributed by atoms with Crippen LogP contribution in [0.3, 0.4) is 0 Å². The number of aliphatic imine (C=N–C) groups is 1. The summed E-state index contributed by atoms with van der Waals surface area (Å²) in [5.74, 6) is -0.428. The zero-order chi connectivity index (χ0) is 21.5. The standard InChI is InChI=1S/C23H28F2N4O.HI/c1-3-26-23(28-16(2)20-10-9-19(24)13-21(20)25)27-14-17-6-4-7-18(12-17)15-29-11-5-8-22(29)30;/h4,6-7,9-10,12-13,16H,3,5,8,11,14-15H2,1-2H3,(H2,26,27,28);1H. The van der Waals surface area contributed by atoms with Crippen LogP contribution in [0.1, 0.15) is 49.4 Å². The smallest absolute Gasteiger partial charge is 0.222 e. The fraction of sp³-hybridized carbons (Fsp3) is 0.391. The fourth-order valence-corrected chi connectivity index (χ4v) is 3.54. The number of guanidine groups is 1. The number of likely N-dealkylation sites (tertiary alicyclic amines) is 1. The van der Waals surface area contributed by atoms with E-state index in [9.17, 15) is 13.6 Å². The molecule has 1 fully saturated rings. The van der Waals surface area contributed by atoms with E-state index in [1.807, 2.05) is 30.0 Å². The Balaban J connectivity index is 0.00000341. The molecule has 5 nitrogen and oxygen atoms in total. The van der Waals surface area contributed by atoms with E-state index in [-0.39, 0.29) is 35.9 Å². The van der Waals surface area contributed by atoms with Gasteiger partial charge in [0.25, 0.3) is 0 Å². The molecular weight excluding hydrogens is 513 g/mol. The van der Waals surface area contributed by atoms with Gasteiger partial charge in [0.15, 0.2) is 5.96 Å². The molecule has 1 atom stereocenters. The van der Waals surface area contributed by atoms with Crippen molar-refractivity contribution in [1.29, 1.82) is 0 Å². The molecule has 2 aromatic carbocycles. The molecule has 2 N–H and O–H groups in total. The van der Waals surface area contributed by atoms with Crippen molar-refractivity contribution in [2.75, 3.05) is 13.1 Å². The Hall–Kier alpha value is -2.23. The first-order valence-corrected chi connectivity index (χ1v) is 10.3. The Morgan fingerprint density at radius 3 is 2.65 bits per heavy atom. The average molecular weight is 542 g/mol. The summed E-state index contributed by atoms with van der Waals surface area (Å²) < 4.78 is 27.2. The van der Waals surface area contributed by atoms with Crippen molar-refractivity contribution in [1.82, 2.24) is 15.5 Å². The summed E-state index contributed by atoms with van der Waals surface area (Å²) in [6.07, 6.45) is 1.56. The highest BCUT2D eigenvalue weighted by atomic mass is 127. The van der Waals surface area contributed by atoms with Gasteiger partial charge in [-0.05, 0) is 37.5 Å². The molecule has 8 heteroatoms. The summed E-state index contributed by atoms with van der Waals surface area (Å²) in [4.78, 5) is 18.3. The molecule has 1 amide bonds. The molecule has 168 valence electrons. The number of hydrogen-bond donors (Lipinski definition) is 2. The number of nitrogens with one attached hydrogen (secondary N) is 2. The molecule has 0 spiro atoms. The topological polar surface area (TPSA) is 56.7 Å². The van der Waals surface area contributed by atoms with Crippen molar-refractivity contribution in [3.05, 3.63) is 70.8 Å². The minimum atomic E-state index is -0.598. The second-order valence-corrected chi connectivity index (χ2v) is 7.47. The largest absolute Gasteiger partial charge is 0.357 e. The van der Waals surface area contributed by atoms with E-state index < -0.39 is 11.6 Å². The molecule has 0 aliphatic carbocycles. The van der Waals surface area contributed by atoms with Gasteiger partial charge >= 0.3 is 0 Å². The second-order valence-electron chi connectivity index (χ2n) is 7.47. The van der Waals surface area contributed by atoms with Crippen molar-refractivity contribution in [3.63, 3.8) is 0 Å². The third-order valence-electron chi connectivity index (χ3n) is 5.08. The molecular formula is C23H29F2IN4O. The maximum Gasteiger partial charge on any atom is 0.222 e. The number of benzene rings is 2. The van der Waals surface area contributed by atoms with Crippen molar-refractivity contribution >= 4 is 35.8 Å². The normalized spacial score (nSPS) is 14.9.